The Morgan fingerprint density at radius 1 is 1.15 bits per heavy atom. The van der Waals surface area contributed by atoms with Crippen LogP contribution >= 0.6 is 0 Å². The van der Waals surface area contributed by atoms with E-state index in [-0.39, 0.29) is 23.8 Å². The first-order chi connectivity index (χ1) is 13.1. The van der Waals surface area contributed by atoms with Gasteiger partial charge in [-0.2, -0.15) is 10.5 Å². The molecule has 27 heavy (non-hydrogen) atoms. The van der Waals surface area contributed by atoms with Crippen LogP contribution in [-0.2, 0) is 6.54 Å². The number of urea groups is 1. The van der Waals surface area contributed by atoms with Crippen molar-refractivity contribution < 1.29 is 4.79 Å². The molecule has 130 valence electrons. The molecule has 1 aliphatic heterocycles. The number of hydrogen-bond acceptors (Lipinski definition) is 5. The number of benzene rings is 2. The molecule has 0 atom stereocenters. The fourth-order valence-corrected chi connectivity index (χ4v) is 2.49. The highest BCUT2D eigenvalue weighted by Crippen LogP contribution is 2.18. The molecule has 3 rings (SSSR count). The Morgan fingerprint density at radius 3 is 2.48 bits per heavy atom. The van der Waals surface area contributed by atoms with Gasteiger partial charge >= 0.3 is 6.03 Å². The largest absolute Gasteiger partial charge is 0.328 e. The minimum absolute atomic E-state index is 0.0618. The second kappa shape index (κ2) is 7.77. The van der Waals surface area contributed by atoms with E-state index in [2.05, 4.69) is 10.3 Å². The van der Waals surface area contributed by atoms with Crippen LogP contribution in [0, 0.1) is 28.1 Å². The Bertz CT molecular complexity index is 1020. The first kappa shape index (κ1) is 17.6. The summed E-state index contributed by atoms with van der Waals surface area (Å²) in [5.41, 5.74) is 2.10. The van der Waals surface area contributed by atoms with Gasteiger partial charge in [0.25, 0.3) is 0 Å². The van der Waals surface area contributed by atoms with Crippen molar-refractivity contribution in [3.8, 4) is 12.1 Å². The summed E-state index contributed by atoms with van der Waals surface area (Å²) in [5.74, 6) is -0.0996. The van der Waals surface area contributed by atoms with Gasteiger partial charge in [-0.1, -0.05) is 42.5 Å². The molecule has 0 radical (unpaired) electrons. The molecule has 7 nitrogen and oxygen atoms in total. The molecule has 2 N–H and O–H groups in total. The van der Waals surface area contributed by atoms with Crippen molar-refractivity contribution in [3.63, 3.8) is 0 Å². The van der Waals surface area contributed by atoms with Gasteiger partial charge in [0.05, 0.1) is 18.2 Å². The van der Waals surface area contributed by atoms with Crippen molar-refractivity contribution in [1.29, 1.82) is 15.9 Å². The van der Waals surface area contributed by atoms with Crippen molar-refractivity contribution in [3.05, 3.63) is 82.7 Å². The van der Waals surface area contributed by atoms with Crippen LogP contribution in [0.5, 0.6) is 0 Å². The van der Waals surface area contributed by atoms with Crippen molar-refractivity contribution >= 4 is 18.1 Å². The predicted octanol–water partition coefficient (Wildman–Crippen LogP) is 2.92. The second-order valence-corrected chi connectivity index (χ2v) is 5.68. The third kappa shape index (κ3) is 3.89. The number of nitriles is 2. The molecule has 1 aliphatic rings. The Balaban J connectivity index is 1.83. The lowest BCUT2D eigenvalue weighted by Gasteiger charge is -2.13. The zero-order valence-electron chi connectivity index (χ0n) is 14.2. The van der Waals surface area contributed by atoms with Crippen LogP contribution in [0.2, 0.25) is 0 Å². The number of aliphatic imine (C=N–C) groups is 1. The topological polar surface area (TPSA) is 116 Å². The number of carbonyl (C=O) groups excluding carboxylic acids is 1. The second-order valence-electron chi connectivity index (χ2n) is 5.68. The summed E-state index contributed by atoms with van der Waals surface area (Å²) in [6.07, 6.45) is 1.45. The molecule has 0 saturated carbocycles. The fourth-order valence-electron chi connectivity index (χ4n) is 2.49. The first-order valence-electron chi connectivity index (χ1n) is 8.02. The quantitative estimate of drug-likeness (QED) is 0.649. The van der Waals surface area contributed by atoms with Crippen LogP contribution in [-0.4, -0.2) is 23.0 Å². The van der Waals surface area contributed by atoms with E-state index in [9.17, 15) is 10.1 Å². The summed E-state index contributed by atoms with van der Waals surface area (Å²) >= 11 is 0. The summed E-state index contributed by atoms with van der Waals surface area (Å²) in [6.45, 7) is 0.229. The number of nitrogens with one attached hydrogen (secondary N) is 2. The number of rotatable bonds is 4. The Labute approximate surface area is 156 Å². The lowest BCUT2D eigenvalue weighted by molar-refractivity contribution is 0.227. The Morgan fingerprint density at radius 2 is 1.85 bits per heavy atom. The maximum Gasteiger partial charge on any atom is 0.328 e. The summed E-state index contributed by atoms with van der Waals surface area (Å²) in [5, 5.41) is 29.0. The van der Waals surface area contributed by atoms with Gasteiger partial charge in [0.2, 0.25) is 0 Å². The highest BCUT2D eigenvalue weighted by atomic mass is 16.2. The molecule has 1 heterocycles. The third-order valence-electron chi connectivity index (χ3n) is 3.89. The van der Waals surface area contributed by atoms with E-state index in [1.807, 2.05) is 42.5 Å². The van der Waals surface area contributed by atoms with Crippen LogP contribution in [0.4, 0.5) is 4.79 Å². The number of nitrogens with zero attached hydrogens (tertiary/aromatic N) is 4. The van der Waals surface area contributed by atoms with E-state index in [0.717, 1.165) is 5.56 Å². The minimum atomic E-state index is -0.472. The van der Waals surface area contributed by atoms with Crippen LogP contribution in [0.15, 0.2) is 71.0 Å². The Hall–Kier alpha value is -4.23. The van der Waals surface area contributed by atoms with Gasteiger partial charge < -0.3 is 5.32 Å². The third-order valence-corrected chi connectivity index (χ3v) is 3.89. The van der Waals surface area contributed by atoms with Gasteiger partial charge in [-0.05, 0) is 23.3 Å². The van der Waals surface area contributed by atoms with Gasteiger partial charge in [-0.3, -0.25) is 10.3 Å². The van der Waals surface area contributed by atoms with Crippen molar-refractivity contribution in [2.45, 2.75) is 6.54 Å². The van der Waals surface area contributed by atoms with E-state index in [0.29, 0.717) is 11.1 Å². The molecular weight excluding hydrogens is 340 g/mol. The fraction of sp³-hybridized carbons (Fsp3) is 0.0500. The van der Waals surface area contributed by atoms with E-state index in [1.54, 1.807) is 24.3 Å². The summed E-state index contributed by atoms with van der Waals surface area (Å²) < 4.78 is 0. The highest BCUT2D eigenvalue weighted by Gasteiger charge is 2.32. The lowest BCUT2D eigenvalue weighted by Crippen LogP contribution is -2.29. The standard InChI is InChI=1S/C20H14N6O/c21-10-14-6-8-15(9-7-14)12-24-17(11-22)18-19(23)26(20(27)25-18)13-16-4-2-1-3-5-16/h1-9,12,23H,13H2,(H,25,27)/b18-17-,23-19?,24-12?. The van der Waals surface area contributed by atoms with Gasteiger partial charge in [0.1, 0.15) is 11.8 Å². The first-order valence-corrected chi connectivity index (χ1v) is 8.02. The number of carbonyl (C=O) groups is 1. The van der Waals surface area contributed by atoms with E-state index in [4.69, 9.17) is 10.7 Å². The molecule has 0 aromatic heterocycles. The average molecular weight is 354 g/mol. The van der Waals surface area contributed by atoms with Crippen molar-refractivity contribution in [2.75, 3.05) is 0 Å². The highest BCUT2D eigenvalue weighted by molar-refractivity contribution is 6.13. The van der Waals surface area contributed by atoms with Gasteiger partial charge in [-0.25, -0.2) is 9.79 Å². The van der Waals surface area contributed by atoms with Crippen LogP contribution < -0.4 is 5.32 Å². The SMILES string of the molecule is N#C/C(N=Cc1ccc(C#N)cc1)=C1/NC(=O)N(Cc2ccccc2)C1=N. The van der Waals surface area contributed by atoms with Crippen molar-refractivity contribution in [1.82, 2.24) is 10.2 Å². The molecule has 0 bridgehead atoms. The summed E-state index contributed by atoms with van der Waals surface area (Å²) in [6, 6.07) is 19.4. The molecule has 7 heteroatoms. The summed E-state index contributed by atoms with van der Waals surface area (Å²) in [7, 11) is 0. The Kier molecular flexibility index (Phi) is 5.06. The molecule has 2 amide bonds. The smallest absolute Gasteiger partial charge is 0.302 e. The molecule has 1 saturated heterocycles. The van der Waals surface area contributed by atoms with Crippen LogP contribution in [0.1, 0.15) is 16.7 Å². The minimum Gasteiger partial charge on any atom is -0.302 e. The van der Waals surface area contributed by atoms with Crippen LogP contribution in [0.3, 0.4) is 0 Å². The average Bonchev–Trinajstić information content (AvgIpc) is 2.98. The maximum absolute atomic E-state index is 12.2. The molecule has 0 aliphatic carbocycles. The molecule has 0 spiro atoms. The zero-order chi connectivity index (χ0) is 19.2. The lowest BCUT2D eigenvalue weighted by atomic mass is 10.2. The van der Waals surface area contributed by atoms with E-state index >= 15 is 0 Å². The monoisotopic (exact) mass is 354 g/mol. The molecule has 2 aromatic carbocycles. The number of amides is 2. The van der Waals surface area contributed by atoms with Gasteiger partial charge in [0.15, 0.2) is 11.5 Å². The molecule has 0 unspecified atom stereocenters. The number of hydrogen-bond donors (Lipinski definition) is 2. The van der Waals surface area contributed by atoms with Crippen LogP contribution in [0.25, 0.3) is 0 Å². The maximum atomic E-state index is 12.2. The predicted molar refractivity (Wildman–Crippen MR) is 99.6 cm³/mol. The molecule has 2 aromatic rings. The van der Waals surface area contributed by atoms with Gasteiger partial charge in [-0.15, -0.1) is 0 Å². The number of amidine groups is 1. The number of allylic oxidation sites excluding steroid dienone is 1. The van der Waals surface area contributed by atoms with E-state index in [1.165, 1.54) is 11.1 Å². The van der Waals surface area contributed by atoms with Gasteiger partial charge in [0, 0.05) is 6.21 Å². The van der Waals surface area contributed by atoms with Crippen molar-refractivity contribution in [2.24, 2.45) is 4.99 Å². The zero-order valence-corrected chi connectivity index (χ0v) is 14.2. The summed E-state index contributed by atoms with van der Waals surface area (Å²) in [4.78, 5) is 17.6. The van der Waals surface area contributed by atoms with E-state index < -0.39 is 6.03 Å². The molecule has 1 fully saturated rings. The molecular formula is C20H14N6O. The normalized spacial score (nSPS) is 15.4.